The SMILES string of the molecule is CCN(CC)S(=O)(=O)c1ccc(C)c(C(=O)Nc2ccc([N+](=O)[O-])cc2)c1. The normalized spacial score (nSPS) is 11.4. The van der Waals surface area contributed by atoms with Gasteiger partial charge in [-0.3, -0.25) is 14.9 Å². The molecule has 2 aromatic rings. The van der Waals surface area contributed by atoms with Gasteiger partial charge in [0.2, 0.25) is 10.0 Å². The molecule has 0 aliphatic carbocycles. The van der Waals surface area contributed by atoms with E-state index in [1.165, 1.54) is 40.7 Å². The lowest BCUT2D eigenvalue weighted by atomic mass is 10.1. The molecule has 0 radical (unpaired) electrons. The van der Waals surface area contributed by atoms with E-state index in [9.17, 15) is 23.3 Å². The lowest BCUT2D eigenvalue weighted by molar-refractivity contribution is -0.384. The molecule has 0 saturated heterocycles. The standard InChI is InChI=1S/C18H21N3O5S/c1-4-20(5-2)27(25,26)16-11-6-13(3)17(12-16)18(22)19-14-7-9-15(10-8-14)21(23)24/h6-12H,4-5H2,1-3H3,(H,19,22). The predicted molar refractivity (Wildman–Crippen MR) is 102 cm³/mol. The summed E-state index contributed by atoms with van der Waals surface area (Å²) >= 11 is 0. The van der Waals surface area contributed by atoms with Gasteiger partial charge in [-0.25, -0.2) is 8.42 Å². The first kappa shape index (κ1) is 20.5. The van der Waals surface area contributed by atoms with E-state index in [-0.39, 0.29) is 16.1 Å². The zero-order valence-corrected chi connectivity index (χ0v) is 16.1. The zero-order chi connectivity index (χ0) is 20.2. The average Bonchev–Trinajstić information content (AvgIpc) is 2.63. The Bertz CT molecular complexity index is 951. The number of hydrogen-bond donors (Lipinski definition) is 1. The highest BCUT2D eigenvalue weighted by atomic mass is 32.2. The molecule has 0 atom stereocenters. The number of nitro benzene ring substituents is 1. The van der Waals surface area contributed by atoms with Gasteiger partial charge in [0.05, 0.1) is 9.82 Å². The van der Waals surface area contributed by atoms with E-state index in [4.69, 9.17) is 0 Å². The maximum absolute atomic E-state index is 12.7. The maximum atomic E-state index is 12.7. The van der Waals surface area contributed by atoms with Gasteiger partial charge in [0.15, 0.2) is 0 Å². The first-order valence-electron chi connectivity index (χ1n) is 8.37. The smallest absolute Gasteiger partial charge is 0.269 e. The van der Waals surface area contributed by atoms with Gasteiger partial charge in [-0.05, 0) is 36.8 Å². The Morgan fingerprint density at radius 3 is 2.22 bits per heavy atom. The van der Waals surface area contributed by atoms with Gasteiger partial charge in [-0.15, -0.1) is 0 Å². The van der Waals surface area contributed by atoms with Crippen LogP contribution in [-0.4, -0.2) is 36.6 Å². The fourth-order valence-corrected chi connectivity index (χ4v) is 4.07. The van der Waals surface area contributed by atoms with Crippen LogP contribution in [0.3, 0.4) is 0 Å². The summed E-state index contributed by atoms with van der Waals surface area (Å²) in [6.45, 7) is 5.86. The number of aryl methyl sites for hydroxylation is 1. The topological polar surface area (TPSA) is 110 Å². The highest BCUT2D eigenvalue weighted by Crippen LogP contribution is 2.21. The van der Waals surface area contributed by atoms with Gasteiger partial charge in [-0.1, -0.05) is 19.9 Å². The number of sulfonamides is 1. The minimum Gasteiger partial charge on any atom is -0.322 e. The van der Waals surface area contributed by atoms with Crippen LogP contribution in [0.25, 0.3) is 0 Å². The molecule has 0 fully saturated rings. The second-order valence-electron chi connectivity index (χ2n) is 5.82. The monoisotopic (exact) mass is 391 g/mol. The van der Waals surface area contributed by atoms with Gasteiger partial charge in [-0.2, -0.15) is 4.31 Å². The summed E-state index contributed by atoms with van der Waals surface area (Å²) in [5.74, 6) is -0.488. The van der Waals surface area contributed by atoms with Gasteiger partial charge in [0.1, 0.15) is 0 Å². The van der Waals surface area contributed by atoms with E-state index >= 15 is 0 Å². The predicted octanol–water partition coefficient (Wildman–Crippen LogP) is 3.19. The lowest BCUT2D eigenvalue weighted by Crippen LogP contribution is -2.30. The molecule has 0 saturated carbocycles. The van der Waals surface area contributed by atoms with Crippen molar-refractivity contribution >= 4 is 27.3 Å². The molecule has 0 unspecified atom stereocenters. The third-order valence-electron chi connectivity index (χ3n) is 4.13. The van der Waals surface area contributed by atoms with Crippen molar-refractivity contribution in [2.24, 2.45) is 0 Å². The molecular formula is C18H21N3O5S. The molecule has 0 bridgehead atoms. The van der Waals surface area contributed by atoms with Crippen LogP contribution in [0.1, 0.15) is 29.8 Å². The van der Waals surface area contributed by atoms with Crippen molar-refractivity contribution in [3.05, 3.63) is 63.7 Å². The van der Waals surface area contributed by atoms with Gasteiger partial charge >= 0.3 is 0 Å². The number of carbonyl (C=O) groups excluding carboxylic acids is 1. The van der Waals surface area contributed by atoms with E-state index in [1.54, 1.807) is 26.8 Å². The number of hydrogen-bond acceptors (Lipinski definition) is 5. The average molecular weight is 391 g/mol. The molecule has 1 N–H and O–H groups in total. The number of carbonyl (C=O) groups is 1. The molecule has 1 amide bonds. The number of non-ortho nitro benzene ring substituents is 1. The van der Waals surface area contributed by atoms with Crippen LogP contribution in [0.2, 0.25) is 0 Å². The van der Waals surface area contributed by atoms with Gasteiger partial charge in [0, 0.05) is 36.5 Å². The Morgan fingerprint density at radius 1 is 1.11 bits per heavy atom. The Balaban J connectivity index is 2.32. The Morgan fingerprint density at radius 2 is 1.70 bits per heavy atom. The van der Waals surface area contributed by atoms with Crippen LogP contribution in [0.5, 0.6) is 0 Å². The van der Waals surface area contributed by atoms with E-state index in [2.05, 4.69) is 5.32 Å². The van der Waals surface area contributed by atoms with E-state index < -0.39 is 20.9 Å². The number of nitro groups is 1. The van der Waals surface area contributed by atoms with Crippen molar-refractivity contribution in [2.75, 3.05) is 18.4 Å². The Labute approximate surface area is 158 Å². The minimum atomic E-state index is -3.68. The summed E-state index contributed by atoms with van der Waals surface area (Å²) in [5, 5.41) is 13.3. The second kappa shape index (κ2) is 8.28. The van der Waals surface area contributed by atoms with E-state index in [0.29, 0.717) is 24.3 Å². The van der Waals surface area contributed by atoms with Gasteiger partial charge < -0.3 is 5.32 Å². The Hall–Kier alpha value is -2.78. The van der Waals surface area contributed by atoms with Crippen molar-refractivity contribution in [3.63, 3.8) is 0 Å². The fraction of sp³-hybridized carbons (Fsp3) is 0.278. The number of nitrogens with one attached hydrogen (secondary N) is 1. The first-order valence-corrected chi connectivity index (χ1v) is 9.81. The molecule has 2 aromatic carbocycles. The third kappa shape index (κ3) is 4.50. The van der Waals surface area contributed by atoms with Crippen LogP contribution in [-0.2, 0) is 10.0 Å². The third-order valence-corrected chi connectivity index (χ3v) is 6.18. The Kier molecular flexibility index (Phi) is 6.29. The molecule has 144 valence electrons. The molecule has 0 aromatic heterocycles. The molecule has 0 spiro atoms. The molecule has 8 nitrogen and oxygen atoms in total. The molecule has 0 heterocycles. The minimum absolute atomic E-state index is 0.0469. The fourth-order valence-electron chi connectivity index (χ4n) is 2.58. The highest BCUT2D eigenvalue weighted by Gasteiger charge is 2.23. The number of anilines is 1. The lowest BCUT2D eigenvalue weighted by Gasteiger charge is -2.19. The van der Waals surface area contributed by atoms with Crippen LogP contribution >= 0.6 is 0 Å². The van der Waals surface area contributed by atoms with Crippen LogP contribution < -0.4 is 5.32 Å². The second-order valence-corrected chi connectivity index (χ2v) is 7.76. The van der Waals surface area contributed by atoms with Crippen LogP contribution in [0.15, 0.2) is 47.4 Å². The van der Waals surface area contributed by atoms with Crippen LogP contribution in [0, 0.1) is 17.0 Å². The van der Waals surface area contributed by atoms with E-state index in [1.807, 2.05) is 0 Å². The summed E-state index contributed by atoms with van der Waals surface area (Å²) in [6.07, 6.45) is 0. The van der Waals surface area contributed by atoms with Crippen LogP contribution in [0.4, 0.5) is 11.4 Å². The molecule has 0 aliphatic rings. The quantitative estimate of drug-likeness (QED) is 0.576. The number of benzene rings is 2. The van der Waals surface area contributed by atoms with E-state index in [0.717, 1.165) is 0 Å². The summed E-state index contributed by atoms with van der Waals surface area (Å²) in [4.78, 5) is 22.8. The zero-order valence-electron chi connectivity index (χ0n) is 15.3. The van der Waals surface area contributed by atoms with Crippen molar-refractivity contribution in [2.45, 2.75) is 25.7 Å². The highest BCUT2D eigenvalue weighted by molar-refractivity contribution is 7.89. The molecule has 0 aliphatic heterocycles. The molecule has 27 heavy (non-hydrogen) atoms. The largest absolute Gasteiger partial charge is 0.322 e. The maximum Gasteiger partial charge on any atom is 0.269 e. The van der Waals surface area contributed by atoms with Crippen molar-refractivity contribution in [1.82, 2.24) is 4.31 Å². The molecule has 9 heteroatoms. The summed E-state index contributed by atoms with van der Waals surface area (Å²) in [7, 11) is -3.68. The number of rotatable bonds is 7. The molecule has 2 rings (SSSR count). The van der Waals surface area contributed by atoms with Gasteiger partial charge in [0.25, 0.3) is 11.6 Å². The number of nitrogens with zero attached hydrogens (tertiary/aromatic N) is 2. The van der Waals surface area contributed by atoms with Crippen molar-refractivity contribution < 1.29 is 18.1 Å². The number of amides is 1. The first-order chi connectivity index (χ1) is 12.7. The summed E-state index contributed by atoms with van der Waals surface area (Å²) in [5.41, 5.74) is 1.13. The summed E-state index contributed by atoms with van der Waals surface area (Å²) in [6, 6.07) is 9.81. The molecular weight excluding hydrogens is 370 g/mol. The van der Waals surface area contributed by atoms with Crippen molar-refractivity contribution in [1.29, 1.82) is 0 Å². The van der Waals surface area contributed by atoms with Crippen molar-refractivity contribution in [3.8, 4) is 0 Å². The summed E-state index contributed by atoms with van der Waals surface area (Å²) < 4.78 is 26.7.